The molecule has 0 saturated carbocycles. The summed E-state index contributed by atoms with van der Waals surface area (Å²) in [5.41, 5.74) is 2.24. The number of likely N-dealkylation sites (tertiary alicyclic amines) is 1. The minimum absolute atomic E-state index is 0.0694. The average molecular weight is 368 g/mol. The van der Waals surface area contributed by atoms with E-state index in [9.17, 15) is 9.59 Å². The van der Waals surface area contributed by atoms with Gasteiger partial charge < -0.3 is 19.5 Å². The summed E-state index contributed by atoms with van der Waals surface area (Å²) in [6.45, 7) is 7.50. The van der Waals surface area contributed by atoms with Gasteiger partial charge in [-0.15, -0.1) is 0 Å². The minimum Gasteiger partial charge on any atom is -0.481 e. The number of pyridine rings is 2. The first-order valence-electron chi connectivity index (χ1n) is 8.98. The molecule has 1 atom stereocenters. The first-order chi connectivity index (χ1) is 13.1. The number of carbonyl (C=O) groups is 1. The number of amides is 1. The fourth-order valence-electron chi connectivity index (χ4n) is 3.50. The largest absolute Gasteiger partial charge is 0.481 e. The average Bonchev–Trinajstić information content (AvgIpc) is 3.19. The van der Waals surface area contributed by atoms with Crippen LogP contribution in [0, 0.1) is 0 Å². The number of aromatic amines is 1. The van der Waals surface area contributed by atoms with Gasteiger partial charge in [-0.25, -0.2) is 4.98 Å². The lowest BCUT2D eigenvalue weighted by Gasteiger charge is -2.29. The number of carbonyl (C=O) groups excluding carboxylic acids is 1. The SMILES string of the molecule is C=CC(=O)N1CC[C@@H](N(CC)c2cc(-c3ccnc(OC)c3)c[nH]c2=O)C1. The van der Waals surface area contributed by atoms with Crippen LogP contribution >= 0.6 is 0 Å². The molecule has 7 heteroatoms. The van der Waals surface area contributed by atoms with Gasteiger partial charge >= 0.3 is 0 Å². The van der Waals surface area contributed by atoms with E-state index in [0.717, 1.165) is 17.5 Å². The van der Waals surface area contributed by atoms with Gasteiger partial charge in [-0.05, 0) is 37.1 Å². The fraction of sp³-hybridized carbons (Fsp3) is 0.350. The van der Waals surface area contributed by atoms with E-state index in [0.29, 0.717) is 31.2 Å². The van der Waals surface area contributed by atoms with Crippen LogP contribution in [0.15, 0.2) is 48.0 Å². The molecule has 2 aromatic heterocycles. The Balaban J connectivity index is 1.91. The molecule has 1 N–H and O–H groups in total. The number of nitrogens with one attached hydrogen (secondary N) is 1. The van der Waals surface area contributed by atoms with Gasteiger partial charge in [-0.1, -0.05) is 6.58 Å². The number of nitrogens with zero attached hydrogens (tertiary/aromatic N) is 3. The van der Waals surface area contributed by atoms with Crippen LogP contribution in [0.1, 0.15) is 13.3 Å². The second-order valence-electron chi connectivity index (χ2n) is 6.41. The Kier molecular flexibility index (Phi) is 5.59. The third kappa shape index (κ3) is 3.86. The van der Waals surface area contributed by atoms with Crippen molar-refractivity contribution in [1.82, 2.24) is 14.9 Å². The number of methoxy groups -OCH3 is 1. The summed E-state index contributed by atoms with van der Waals surface area (Å²) < 4.78 is 5.19. The van der Waals surface area contributed by atoms with Crippen molar-refractivity contribution >= 4 is 11.6 Å². The summed E-state index contributed by atoms with van der Waals surface area (Å²) in [6, 6.07) is 5.68. The normalized spacial score (nSPS) is 16.2. The topological polar surface area (TPSA) is 78.5 Å². The number of rotatable bonds is 6. The van der Waals surface area contributed by atoms with Crippen molar-refractivity contribution in [1.29, 1.82) is 0 Å². The first-order valence-corrected chi connectivity index (χ1v) is 8.98. The molecule has 0 spiro atoms. The van der Waals surface area contributed by atoms with Gasteiger partial charge in [0, 0.05) is 49.7 Å². The molecule has 0 bridgehead atoms. The van der Waals surface area contributed by atoms with E-state index >= 15 is 0 Å². The van der Waals surface area contributed by atoms with Crippen LogP contribution in [-0.2, 0) is 4.79 Å². The Morgan fingerprint density at radius 3 is 3.00 bits per heavy atom. The van der Waals surface area contributed by atoms with Gasteiger partial charge in [-0.3, -0.25) is 9.59 Å². The molecular formula is C20H24N4O3. The molecular weight excluding hydrogens is 344 g/mol. The number of anilines is 1. The van der Waals surface area contributed by atoms with Crippen molar-refractivity contribution < 1.29 is 9.53 Å². The summed E-state index contributed by atoms with van der Waals surface area (Å²) in [7, 11) is 1.57. The van der Waals surface area contributed by atoms with Gasteiger partial charge in [0.1, 0.15) is 5.69 Å². The molecule has 0 aliphatic carbocycles. The summed E-state index contributed by atoms with van der Waals surface area (Å²) in [5, 5.41) is 0. The van der Waals surface area contributed by atoms with E-state index in [1.54, 1.807) is 24.4 Å². The summed E-state index contributed by atoms with van der Waals surface area (Å²) >= 11 is 0. The highest BCUT2D eigenvalue weighted by Crippen LogP contribution is 2.26. The number of likely N-dealkylation sites (N-methyl/N-ethyl adjacent to an activating group) is 1. The maximum Gasteiger partial charge on any atom is 0.271 e. The van der Waals surface area contributed by atoms with E-state index in [1.807, 2.05) is 25.1 Å². The Morgan fingerprint density at radius 1 is 1.48 bits per heavy atom. The number of ether oxygens (including phenoxy) is 1. The van der Waals surface area contributed by atoms with Crippen LogP contribution in [-0.4, -0.2) is 53.6 Å². The Hall–Kier alpha value is -3.09. The van der Waals surface area contributed by atoms with Gasteiger partial charge in [0.25, 0.3) is 5.56 Å². The van der Waals surface area contributed by atoms with Gasteiger partial charge in [0.15, 0.2) is 0 Å². The number of aromatic nitrogens is 2. The lowest BCUT2D eigenvalue weighted by Crippen LogP contribution is -2.41. The molecule has 2 aromatic rings. The predicted molar refractivity (Wildman–Crippen MR) is 105 cm³/mol. The second-order valence-corrected chi connectivity index (χ2v) is 6.41. The van der Waals surface area contributed by atoms with Crippen molar-refractivity contribution in [3.8, 4) is 17.0 Å². The molecule has 0 aromatic carbocycles. The Labute approximate surface area is 158 Å². The third-order valence-corrected chi connectivity index (χ3v) is 4.90. The van der Waals surface area contributed by atoms with E-state index in [2.05, 4.69) is 21.4 Å². The molecule has 0 unspecified atom stereocenters. The molecule has 0 radical (unpaired) electrons. The number of H-pyrrole nitrogens is 1. The standard InChI is InChI=1S/C20H24N4O3/c1-4-19(25)23-9-7-16(13-23)24(5-2)17-10-15(12-22-20(17)26)14-6-8-21-18(11-14)27-3/h4,6,8,10-12,16H,1,5,7,9,13H2,2-3H3,(H,22,26)/t16-/m1/s1. The van der Waals surface area contributed by atoms with Crippen molar-refractivity contribution in [2.45, 2.75) is 19.4 Å². The minimum atomic E-state index is -0.143. The van der Waals surface area contributed by atoms with Crippen molar-refractivity contribution in [2.24, 2.45) is 0 Å². The molecule has 142 valence electrons. The highest BCUT2D eigenvalue weighted by Gasteiger charge is 2.30. The summed E-state index contributed by atoms with van der Waals surface area (Å²) in [4.78, 5) is 35.2. The maximum atomic E-state index is 12.5. The van der Waals surface area contributed by atoms with E-state index < -0.39 is 0 Å². The van der Waals surface area contributed by atoms with E-state index in [4.69, 9.17) is 4.74 Å². The van der Waals surface area contributed by atoms with Gasteiger partial charge in [0.2, 0.25) is 11.8 Å². The van der Waals surface area contributed by atoms with Crippen LogP contribution in [0.3, 0.4) is 0 Å². The highest BCUT2D eigenvalue weighted by atomic mass is 16.5. The quantitative estimate of drug-likeness (QED) is 0.790. The molecule has 27 heavy (non-hydrogen) atoms. The molecule has 7 nitrogen and oxygen atoms in total. The van der Waals surface area contributed by atoms with Crippen molar-refractivity contribution in [2.75, 3.05) is 31.6 Å². The molecule has 3 heterocycles. The molecule has 3 rings (SSSR count). The molecule has 1 saturated heterocycles. The molecule has 1 aliphatic rings. The second kappa shape index (κ2) is 8.07. The van der Waals surface area contributed by atoms with E-state index in [1.165, 1.54) is 6.08 Å². The maximum absolute atomic E-state index is 12.5. The molecule has 1 fully saturated rings. The van der Waals surface area contributed by atoms with Crippen molar-refractivity contribution in [3.63, 3.8) is 0 Å². The van der Waals surface area contributed by atoms with Gasteiger partial charge in [-0.2, -0.15) is 0 Å². The lowest BCUT2D eigenvalue weighted by molar-refractivity contribution is -0.125. The Morgan fingerprint density at radius 2 is 2.30 bits per heavy atom. The van der Waals surface area contributed by atoms with Crippen molar-refractivity contribution in [3.05, 3.63) is 53.6 Å². The monoisotopic (exact) mass is 368 g/mol. The zero-order valence-electron chi connectivity index (χ0n) is 15.6. The fourth-order valence-corrected chi connectivity index (χ4v) is 3.50. The zero-order chi connectivity index (χ0) is 19.4. The summed E-state index contributed by atoms with van der Waals surface area (Å²) in [5.74, 6) is 0.446. The number of hydrogen-bond acceptors (Lipinski definition) is 5. The first kappa shape index (κ1) is 18.7. The Bertz CT molecular complexity index is 893. The smallest absolute Gasteiger partial charge is 0.271 e. The summed E-state index contributed by atoms with van der Waals surface area (Å²) in [6.07, 6.45) is 5.52. The molecule has 1 aliphatic heterocycles. The van der Waals surface area contributed by atoms with Crippen LogP contribution in [0.4, 0.5) is 5.69 Å². The lowest BCUT2D eigenvalue weighted by atomic mass is 10.1. The third-order valence-electron chi connectivity index (χ3n) is 4.90. The van der Waals surface area contributed by atoms with Crippen LogP contribution in [0.25, 0.3) is 11.1 Å². The predicted octanol–water partition coefficient (Wildman–Crippen LogP) is 2.06. The van der Waals surface area contributed by atoms with Crippen LogP contribution in [0.2, 0.25) is 0 Å². The molecule has 1 amide bonds. The zero-order valence-corrected chi connectivity index (χ0v) is 15.6. The van der Waals surface area contributed by atoms with Crippen LogP contribution < -0.4 is 15.2 Å². The van der Waals surface area contributed by atoms with Crippen LogP contribution in [0.5, 0.6) is 5.88 Å². The highest BCUT2D eigenvalue weighted by molar-refractivity contribution is 5.87. The van der Waals surface area contributed by atoms with E-state index in [-0.39, 0.29) is 17.5 Å². The number of hydrogen-bond donors (Lipinski definition) is 1. The van der Waals surface area contributed by atoms with Gasteiger partial charge in [0.05, 0.1) is 7.11 Å².